The fraction of sp³-hybridized carbons (Fsp3) is 0.440. The number of rotatable bonds is 5. The molecule has 3 rings (SSSR count). The van der Waals surface area contributed by atoms with Gasteiger partial charge in [0.25, 0.3) is 0 Å². The molecule has 1 aliphatic rings. The molecule has 2 heterocycles. The Labute approximate surface area is 204 Å². The van der Waals surface area contributed by atoms with Crippen molar-refractivity contribution in [3.8, 4) is 11.3 Å². The van der Waals surface area contributed by atoms with Gasteiger partial charge in [-0.25, -0.2) is 14.0 Å². The maximum atomic E-state index is 14.7. The highest BCUT2D eigenvalue weighted by Crippen LogP contribution is 2.31. The molecule has 10 heteroatoms. The highest BCUT2D eigenvalue weighted by molar-refractivity contribution is 5.91. The van der Waals surface area contributed by atoms with E-state index >= 15 is 0 Å². The number of ether oxygens (including phenoxy) is 2. The molecule has 35 heavy (non-hydrogen) atoms. The monoisotopic (exact) mass is 486 g/mol. The van der Waals surface area contributed by atoms with Crippen LogP contribution < -0.4 is 15.5 Å². The van der Waals surface area contributed by atoms with Crippen LogP contribution in [0.2, 0.25) is 0 Å². The van der Waals surface area contributed by atoms with Gasteiger partial charge in [0.2, 0.25) is 5.91 Å². The van der Waals surface area contributed by atoms with Crippen molar-refractivity contribution >= 4 is 23.7 Å². The summed E-state index contributed by atoms with van der Waals surface area (Å²) in [7, 11) is 2.78. The summed E-state index contributed by atoms with van der Waals surface area (Å²) in [5.41, 5.74) is -0.320. The number of amides is 2. The molecule has 2 amide bonds. The zero-order valence-electron chi connectivity index (χ0n) is 20.6. The molecule has 1 unspecified atom stereocenters. The molecule has 1 aromatic heterocycles. The summed E-state index contributed by atoms with van der Waals surface area (Å²) in [4.78, 5) is 43.5. The maximum absolute atomic E-state index is 14.7. The standard InChI is InChI=1S/C25H31FN4O5/c1-24(2,3)35-23(33)29-25(22(32)27-4)8-6-10-30(15-25)19-12-17(11-18(26)14-19)20-13-16(7-9-28-20)21(31)34-5/h7,9,11-14H,6,8,10,15H2,1-5H3,(H,27,32)(H,29,33). The molecule has 1 aliphatic heterocycles. The fourth-order valence-corrected chi connectivity index (χ4v) is 4.10. The van der Waals surface area contributed by atoms with Gasteiger partial charge in [-0.1, -0.05) is 0 Å². The quantitative estimate of drug-likeness (QED) is 0.624. The van der Waals surface area contributed by atoms with Crippen molar-refractivity contribution in [2.75, 3.05) is 32.1 Å². The van der Waals surface area contributed by atoms with Crippen LogP contribution >= 0.6 is 0 Å². The summed E-state index contributed by atoms with van der Waals surface area (Å²) in [6.45, 7) is 5.88. The lowest BCUT2D eigenvalue weighted by Gasteiger charge is -2.43. The van der Waals surface area contributed by atoms with E-state index < -0.39 is 29.0 Å². The molecule has 9 nitrogen and oxygen atoms in total. The Morgan fingerprint density at radius 3 is 2.57 bits per heavy atom. The number of pyridine rings is 1. The number of aromatic nitrogens is 1. The van der Waals surface area contributed by atoms with Crippen LogP contribution in [0.15, 0.2) is 36.5 Å². The van der Waals surface area contributed by atoms with Crippen molar-refractivity contribution in [3.63, 3.8) is 0 Å². The minimum atomic E-state index is -1.26. The van der Waals surface area contributed by atoms with Crippen LogP contribution in [0, 0.1) is 5.82 Å². The smallest absolute Gasteiger partial charge is 0.408 e. The molecule has 2 N–H and O–H groups in total. The number of benzene rings is 1. The van der Waals surface area contributed by atoms with E-state index in [0.717, 1.165) is 0 Å². The second kappa shape index (κ2) is 10.3. The van der Waals surface area contributed by atoms with Crippen LogP contribution in [0.25, 0.3) is 11.3 Å². The normalized spacial score (nSPS) is 17.9. The number of carbonyl (C=O) groups excluding carboxylic acids is 3. The van der Waals surface area contributed by atoms with Crippen LogP contribution in [0.5, 0.6) is 0 Å². The predicted molar refractivity (Wildman–Crippen MR) is 129 cm³/mol. The lowest BCUT2D eigenvalue weighted by molar-refractivity contribution is -0.127. The minimum Gasteiger partial charge on any atom is -0.465 e. The van der Waals surface area contributed by atoms with Crippen LogP contribution in [0.1, 0.15) is 44.0 Å². The third-order valence-electron chi connectivity index (χ3n) is 5.62. The van der Waals surface area contributed by atoms with Gasteiger partial charge in [0.1, 0.15) is 17.0 Å². The second-order valence-corrected chi connectivity index (χ2v) is 9.43. The molecule has 2 aromatic rings. The summed E-state index contributed by atoms with van der Waals surface area (Å²) < 4.78 is 24.8. The van der Waals surface area contributed by atoms with E-state index in [9.17, 15) is 18.8 Å². The maximum Gasteiger partial charge on any atom is 0.408 e. The molecule has 0 bridgehead atoms. The number of hydrogen-bond acceptors (Lipinski definition) is 7. The molecule has 1 atom stereocenters. The number of alkyl carbamates (subject to hydrolysis) is 1. The van der Waals surface area contributed by atoms with E-state index in [2.05, 4.69) is 15.6 Å². The van der Waals surface area contributed by atoms with Crippen molar-refractivity contribution < 1.29 is 28.2 Å². The largest absolute Gasteiger partial charge is 0.465 e. The Morgan fingerprint density at radius 2 is 1.91 bits per heavy atom. The SMILES string of the molecule is CNC(=O)C1(NC(=O)OC(C)(C)C)CCCN(c2cc(F)cc(-c3cc(C(=O)OC)ccn3)c2)C1. The molecule has 1 fully saturated rings. The molecule has 1 aromatic carbocycles. The van der Waals surface area contributed by atoms with Gasteiger partial charge in [0.05, 0.1) is 24.9 Å². The van der Waals surface area contributed by atoms with Gasteiger partial charge in [0.15, 0.2) is 0 Å². The molecule has 0 spiro atoms. The first-order chi connectivity index (χ1) is 16.5. The summed E-state index contributed by atoms with van der Waals surface area (Å²) in [5.74, 6) is -1.39. The summed E-state index contributed by atoms with van der Waals surface area (Å²) in [6.07, 6.45) is 1.72. The Hall–Kier alpha value is -3.69. The van der Waals surface area contributed by atoms with Gasteiger partial charge >= 0.3 is 12.1 Å². The van der Waals surface area contributed by atoms with Gasteiger partial charge in [-0.2, -0.15) is 0 Å². The summed E-state index contributed by atoms with van der Waals surface area (Å²) >= 11 is 0. The number of anilines is 1. The molecular formula is C25H31FN4O5. The molecule has 188 valence electrons. The van der Waals surface area contributed by atoms with Gasteiger partial charge in [-0.3, -0.25) is 9.78 Å². The number of esters is 1. The van der Waals surface area contributed by atoms with E-state index in [1.165, 1.54) is 44.6 Å². The lowest BCUT2D eigenvalue weighted by atomic mass is 9.87. The minimum absolute atomic E-state index is 0.116. The molecule has 1 saturated heterocycles. The van der Waals surface area contributed by atoms with Crippen LogP contribution in [-0.4, -0.2) is 61.3 Å². The number of nitrogens with zero attached hydrogens (tertiary/aromatic N) is 2. The molecule has 0 saturated carbocycles. The van der Waals surface area contributed by atoms with E-state index in [4.69, 9.17) is 9.47 Å². The van der Waals surface area contributed by atoms with Crippen molar-refractivity contribution in [2.24, 2.45) is 0 Å². The highest BCUT2D eigenvalue weighted by atomic mass is 19.1. The van der Waals surface area contributed by atoms with Crippen molar-refractivity contribution in [1.82, 2.24) is 15.6 Å². The third kappa shape index (κ3) is 6.26. The Balaban J connectivity index is 1.93. The van der Waals surface area contributed by atoms with Crippen LogP contribution in [-0.2, 0) is 14.3 Å². The first-order valence-corrected chi connectivity index (χ1v) is 11.3. The summed E-state index contributed by atoms with van der Waals surface area (Å²) in [5, 5.41) is 5.38. The number of nitrogens with one attached hydrogen (secondary N) is 2. The van der Waals surface area contributed by atoms with E-state index in [-0.39, 0.29) is 12.5 Å². The van der Waals surface area contributed by atoms with Crippen molar-refractivity contribution in [2.45, 2.75) is 44.8 Å². The van der Waals surface area contributed by atoms with Crippen LogP contribution in [0.3, 0.4) is 0 Å². The van der Waals surface area contributed by atoms with Crippen molar-refractivity contribution in [1.29, 1.82) is 0 Å². The van der Waals surface area contributed by atoms with E-state index in [1.807, 2.05) is 4.90 Å². The molecule has 0 radical (unpaired) electrons. The first-order valence-electron chi connectivity index (χ1n) is 11.3. The second-order valence-electron chi connectivity index (χ2n) is 9.43. The Kier molecular flexibility index (Phi) is 7.62. The Morgan fingerprint density at radius 1 is 1.17 bits per heavy atom. The zero-order chi connectivity index (χ0) is 25.8. The lowest BCUT2D eigenvalue weighted by Crippen LogP contribution is -2.66. The Bertz CT molecular complexity index is 1120. The topological polar surface area (TPSA) is 110 Å². The summed E-state index contributed by atoms with van der Waals surface area (Å²) in [6, 6.07) is 7.46. The average Bonchev–Trinajstić information content (AvgIpc) is 2.81. The number of carbonyl (C=O) groups is 3. The number of piperidine rings is 1. The third-order valence-corrected chi connectivity index (χ3v) is 5.62. The zero-order valence-corrected chi connectivity index (χ0v) is 20.6. The van der Waals surface area contributed by atoms with E-state index in [0.29, 0.717) is 41.9 Å². The highest BCUT2D eigenvalue weighted by Gasteiger charge is 2.44. The van der Waals surface area contributed by atoms with Crippen molar-refractivity contribution in [3.05, 3.63) is 47.9 Å². The number of methoxy groups -OCH3 is 1. The first kappa shape index (κ1) is 25.9. The van der Waals surface area contributed by atoms with Crippen LogP contribution in [0.4, 0.5) is 14.9 Å². The molecule has 0 aliphatic carbocycles. The van der Waals surface area contributed by atoms with Gasteiger partial charge < -0.3 is 25.0 Å². The molecular weight excluding hydrogens is 455 g/mol. The van der Waals surface area contributed by atoms with Gasteiger partial charge in [-0.05, 0) is 63.9 Å². The van der Waals surface area contributed by atoms with Gasteiger partial charge in [-0.15, -0.1) is 0 Å². The number of hydrogen-bond donors (Lipinski definition) is 2. The fourth-order valence-electron chi connectivity index (χ4n) is 4.10. The predicted octanol–water partition coefficient (Wildman–Crippen LogP) is 3.28. The van der Waals surface area contributed by atoms with E-state index in [1.54, 1.807) is 26.8 Å². The van der Waals surface area contributed by atoms with Gasteiger partial charge in [0, 0.05) is 31.0 Å². The average molecular weight is 487 g/mol. The number of halogens is 1. The number of likely N-dealkylation sites (N-methyl/N-ethyl adjacent to an activating group) is 1.